The van der Waals surface area contributed by atoms with Crippen molar-refractivity contribution in [3.8, 4) is 0 Å². The Balaban J connectivity index is 0.000000164. The van der Waals surface area contributed by atoms with E-state index < -0.39 is 20.1 Å². The van der Waals surface area contributed by atoms with Crippen LogP contribution in [0.5, 0.6) is 0 Å². The summed E-state index contributed by atoms with van der Waals surface area (Å²) < 4.78 is 51.8. The Morgan fingerprint density at radius 2 is 1.55 bits per heavy atom. The predicted molar refractivity (Wildman–Crippen MR) is 78.9 cm³/mol. The molecule has 0 saturated heterocycles. The van der Waals surface area contributed by atoms with Crippen LogP contribution in [0, 0.1) is 0 Å². The maximum absolute atomic E-state index is 10.9. The Morgan fingerprint density at radius 3 is 1.95 bits per heavy atom. The Kier molecular flexibility index (Phi) is 4.11. The van der Waals surface area contributed by atoms with E-state index in [9.17, 15) is 16.8 Å². The lowest BCUT2D eigenvalue weighted by atomic mass is 10.4. The van der Waals surface area contributed by atoms with E-state index in [1.54, 1.807) is 24.3 Å². The number of hydrogen-bond donors (Lipinski definition) is 2. The Bertz CT molecular complexity index is 938. The summed E-state index contributed by atoms with van der Waals surface area (Å²) in [4.78, 5) is -0.113. The van der Waals surface area contributed by atoms with Crippen molar-refractivity contribution in [3.05, 3.63) is 54.1 Å². The van der Waals surface area contributed by atoms with Crippen molar-refractivity contribution in [2.45, 2.75) is 9.79 Å². The van der Waals surface area contributed by atoms with E-state index in [1.165, 1.54) is 24.3 Å². The first-order valence-corrected chi connectivity index (χ1v) is 8.78. The van der Waals surface area contributed by atoms with Gasteiger partial charge < -0.3 is 5.53 Å². The van der Waals surface area contributed by atoms with Gasteiger partial charge in [-0.15, -0.1) is 0 Å². The zero-order valence-corrected chi connectivity index (χ0v) is 12.6. The molecule has 116 valence electrons. The van der Waals surface area contributed by atoms with Gasteiger partial charge in [0.2, 0.25) is 10.0 Å². The second-order valence-electron chi connectivity index (χ2n) is 4.27. The summed E-state index contributed by atoms with van der Waals surface area (Å²) in [5, 5.41) is 4.89. The van der Waals surface area contributed by atoms with E-state index in [0.717, 1.165) is 4.70 Å². The SMILES string of the molecule is O=S(=O)(O)c1ccccc1.[N-]=[N+]1c2cccc(S(N)(=O)=O)c21. The minimum atomic E-state index is -4.00. The third-order valence-corrected chi connectivity index (χ3v) is 4.53. The van der Waals surface area contributed by atoms with Crippen molar-refractivity contribution in [1.29, 1.82) is 0 Å². The van der Waals surface area contributed by atoms with Crippen LogP contribution in [-0.4, -0.2) is 21.4 Å². The fraction of sp³-hybridized carbons (Fsp3) is 0. The van der Waals surface area contributed by atoms with E-state index in [0.29, 0.717) is 5.69 Å². The average molecular weight is 341 g/mol. The quantitative estimate of drug-likeness (QED) is 0.412. The van der Waals surface area contributed by atoms with Crippen molar-refractivity contribution >= 4 is 31.5 Å². The lowest BCUT2D eigenvalue weighted by Gasteiger charge is -1.92. The smallest absolute Gasteiger partial charge is 0.294 e. The molecule has 0 unspecified atom stereocenters. The van der Waals surface area contributed by atoms with Crippen LogP contribution in [0.15, 0.2) is 58.3 Å². The van der Waals surface area contributed by atoms with Crippen LogP contribution < -0.4 is 9.84 Å². The van der Waals surface area contributed by atoms with Crippen LogP contribution in [0.3, 0.4) is 0 Å². The highest BCUT2D eigenvalue weighted by Crippen LogP contribution is 2.46. The van der Waals surface area contributed by atoms with Gasteiger partial charge in [0.05, 0.1) is 4.90 Å². The summed E-state index contributed by atoms with van der Waals surface area (Å²) in [7, 11) is -7.72. The summed E-state index contributed by atoms with van der Waals surface area (Å²) in [5.41, 5.74) is 9.77. The molecule has 3 N–H and O–H groups in total. The van der Waals surface area contributed by atoms with E-state index >= 15 is 0 Å². The van der Waals surface area contributed by atoms with E-state index in [4.69, 9.17) is 15.2 Å². The molecule has 22 heavy (non-hydrogen) atoms. The summed E-state index contributed by atoms with van der Waals surface area (Å²) in [6.45, 7) is 0. The molecule has 1 heterocycles. The van der Waals surface area contributed by atoms with E-state index in [1.807, 2.05) is 0 Å². The molecule has 0 spiro atoms. The van der Waals surface area contributed by atoms with Crippen LogP contribution in [0.4, 0.5) is 11.4 Å². The zero-order valence-electron chi connectivity index (χ0n) is 11.0. The van der Waals surface area contributed by atoms with Gasteiger partial charge in [-0.25, -0.2) is 18.3 Å². The van der Waals surface area contributed by atoms with Gasteiger partial charge in [-0.1, -0.05) is 24.3 Å². The molecule has 10 heteroatoms. The fourth-order valence-electron chi connectivity index (χ4n) is 1.68. The number of primary sulfonamides is 1. The molecule has 0 atom stereocenters. The number of para-hydroxylation sites is 1. The standard InChI is InChI=1S/C6H5N3O2S.C6H6O3S/c7-9-4-2-1-3-5(6(4)9)12(8,10)11;7-10(8,9)6-4-2-1-3-5-6/h1-3H,(H2,8,10,11);1-5H,(H,7,8,9). The molecule has 2 aromatic carbocycles. The lowest BCUT2D eigenvalue weighted by molar-refractivity contribution is 0.483. The first-order chi connectivity index (χ1) is 10.1. The van der Waals surface area contributed by atoms with E-state index in [2.05, 4.69) is 0 Å². The number of nitrogens with zero attached hydrogens (tertiary/aromatic N) is 2. The number of rotatable bonds is 2. The lowest BCUT2D eigenvalue weighted by Crippen LogP contribution is -2.11. The monoisotopic (exact) mass is 341 g/mol. The summed E-state index contributed by atoms with van der Waals surface area (Å²) in [5.74, 6) is 0. The van der Waals surface area contributed by atoms with Gasteiger partial charge in [0.1, 0.15) is 0 Å². The molecule has 0 fully saturated rings. The minimum Gasteiger partial charge on any atom is -0.493 e. The van der Waals surface area contributed by atoms with Crippen molar-refractivity contribution in [2.24, 2.45) is 5.14 Å². The molecule has 0 radical (unpaired) electrons. The molecular weight excluding hydrogens is 330 g/mol. The number of nitrogens with two attached hydrogens (primary N) is 1. The van der Waals surface area contributed by atoms with Crippen LogP contribution in [0.1, 0.15) is 0 Å². The molecule has 3 rings (SSSR count). The Labute approximate surface area is 127 Å². The Hall–Kier alpha value is -2.14. The zero-order chi connectivity index (χ0) is 16.5. The fourth-order valence-corrected chi connectivity index (χ4v) is 2.91. The molecule has 1 aliphatic rings. The van der Waals surface area contributed by atoms with Gasteiger partial charge in [0.15, 0.2) is 4.90 Å². The summed E-state index contributed by atoms with van der Waals surface area (Å²) in [6, 6.07) is 11.9. The second kappa shape index (κ2) is 5.57. The van der Waals surface area contributed by atoms with Gasteiger partial charge in [-0.2, -0.15) is 8.42 Å². The highest BCUT2D eigenvalue weighted by atomic mass is 32.2. The molecule has 0 saturated carbocycles. The van der Waals surface area contributed by atoms with Gasteiger partial charge in [-0.05, 0) is 18.2 Å². The summed E-state index contributed by atoms with van der Waals surface area (Å²) >= 11 is 0. The number of benzene rings is 2. The minimum absolute atomic E-state index is 0.0394. The highest BCUT2D eigenvalue weighted by Gasteiger charge is 2.40. The Morgan fingerprint density at radius 1 is 0.955 bits per heavy atom. The maximum Gasteiger partial charge on any atom is 0.294 e. The molecule has 2 aromatic rings. The number of sulfonamides is 1. The largest absolute Gasteiger partial charge is 0.493 e. The average Bonchev–Trinajstić information content (AvgIpc) is 3.10. The molecule has 8 nitrogen and oxygen atoms in total. The third-order valence-electron chi connectivity index (χ3n) is 2.72. The first-order valence-electron chi connectivity index (χ1n) is 5.80. The van der Waals surface area contributed by atoms with Crippen LogP contribution in [-0.2, 0) is 20.1 Å². The molecule has 0 bridgehead atoms. The van der Waals surface area contributed by atoms with Crippen molar-refractivity contribution in [2.75, 3.05) is 0 Å². The molecule has 0 aromatic heterocycles. The number of hydrogen-bond acceptors (Lipinski definition) is 4. The van der Waals surface area contributed by atoms with Gasteiger partial charge in [0.25, 0.3) is 21.5 Å². The predicted octanol–water partition coefficient (Wildman–Crippen LogP) is 1.44. The molecule has 0 amide bonds. The third kappa shape index (κ3) is 3.54. The molecular formula is C12H11N3O5S2. The number of fused-ring (bicyclic) bond motifs is 1. The summed E-state index contributed by atoms with van der Waals surface area (Å²) in [6.07, 6.45) is 0. The van der Waals surface area contributed by atoms with Crippen molar-refractivity contribution < 1.29 is 21.4 Å². The first kappa shape index (κ1) is 16.2. The van der Waals surface area contributed by atoms with Crippen molar-refractivity contribution in [3.63, 3.8) is 0 Å². The molecule has 1 aliphatic heterocycles. The van der Waals surface area contributed by atoms with Crippen molar-refractivity contribution in [1.82, 2.24) is 4.70 Å². The second-order valence-corrected chi connectivity index (χ2v) is 7.22. The van der Waals surface area contributed by atoms with Gasteiger partial charge in [-0.3, -0.25) is 4.55 Å². The van der Waals surface area contributed by atoms with Crippen LogP contribution in [0.25, 0.3) is 5.53 Å². The van der Waals surface area contributed by atoms with Crippen LogP contribution >= 0.6 is 0 Å². The molecule has 0 aliphatic carbocycles. The van der Waals surface area contributed by atoms with Gasteiger partial charge in [0, 0.05) is 6.07 Å². The van der Waals surface area contributed by atoms with E-state index in [-0.39, 0.29) is 15.5 Å². The topological polar surface area (TPSA) is 140 Å². The highest BCUT2D eigenvalue weighted by molar-refractivity contribution is 7.89. The maximum atomic E-state index is 10.9. The van der Waals surface area contributed by atoms with Gasteiger partial charge >= 0.3 is 0 Å². The normalized spacial score (nSPS) is 12.9. The van der Waals surface area contributed by atoms with Crippen LogP contribution in [0.2, 0.25) is 0 Å².